The van der Waals surface area contributed by atoms with E-state index in [0.717, 1.165) is 5.56 Å². The van der Waals surface area contributed by atoms with Crippen molar-refractivity contribution in [1.29, 1.82) is 5.41 Å². The monoisotopic (exact) mass is 290 g/mol. The van der Waals surface area contributed by atoms with Crippen molar-refractivity contribution in [2.75, 3.05) is 0 Å². The van der Waals surface area contributed by atoms with Gasteiger partial charge in [-0.2, -0.15) is 5.10 Å². The Morgan fingerprint density at radius 1 is 1.48 bits per heavy atom. The largest absolute Gasteiger partial charge is 0.348 e. The highest BCUT2D eigenvalue weighted by atomic mass is 16.1. The van der Waals surface area contributed by atoms with Gasteiger partial charge in [0.1, 0.15) is 0 Å². The van der Waals surface area contributed by atoms with Crippen LogP contribution in [0.1, 0.15) is 46.6 Å². The van der Waals surface area contributed by atoms with Crippen molar-refractivity contribution in [1.82, 2.24) is 15.1 Å². The van der Waals surface area contributed by atoms with Gasteiger partial charge in [-0.15, -0.1) is 0 Å². The van der Waals surface area contributed by atoms with Gasteiger partial charge in [-0.3, -0.25) is 9.48 Å². The molecule has 5 nitrogen and oxygen atoms in total. The number of nitrogens with one attached hydrogen (secondary N) is 2. The van der Waals surface area contributed by atoms with E-state index in [0.29, 0.717) is 18.7 Å². The molecule has 0 aliphatic carbocycles. The van der Waals surface area contributed by atoms with Crippen LogP contribution in [-0.4, -0.2) is 27.4 Å². The minimum atomic E-state index is -0.184. The lowest BCUT2D eigenvalue weighted by atomic mass is 10.00. The highest BCUT2D eigenvalue weighted by Crippen LogP contribution is 2.12. The number of carbonyl (C=O) groups excluding carboxylic acids is 1. The molecule has 0 aliphatic heterocycles. The molecule has 1 aromatic rings. The Balaban J connectivity index is 2.53. The summed E-state index contributed by atoms with van der Waals surface area (Å²) in [6.45, 7) is 10.3. The molecule has 1 unspecified atom stereocenters. The Morgan fingerprint density at radius 3 is 2.67 bits per heavy atom. The number of aromatic nitrogens is 2. The fourth-order valence-electron chi connectivity index (χ4n) is 2.09. The second-order valence-electron chi connectivity index (χ2n) is 5.69. The van der Waals surface area contributed by atoms with E-state index >= 15 is 0 Å². The third kappa shape index (κ3) is 5.17. The molecule has 0 aliphatic rings. The minimum Gasteiger partial charge on any atom is -0.348 e. The van der Waals surface area contributed by atoms with Crippen LogP contribution in [0.3, 0.4) is 0 Å². The van der Waals surface area contributed by atoms with E-state index in [4.69, 9.17) is 5.41 Å². The van der Waals surface area contributed by atoms with Gasteiger partial charge in [0.05, 0.1) is 12.2 Å². The third-order valence-corrected chi connectivity index (χ3v) is 3.54. The van der Waals surface area contributed by atoms with Crippen molar-refractivity contribution in [3.8, 4) is 0 Å². The number of hydrogen-bond donors (Lipinski definition) is 2. The molecule has 0 saturated heterocycles. The van der Waals surface area contributed by atoms with Gasteiger partial charge in [-0.1, -0.05) is 19.9 Å². The van der Waals surface area contributed by atoms with Gasteiger partial charge in [0.15, 0.2) is 0 Å². The van der Waals surface area contributed by atoms with Crippen molar-refractivity contribution < 1.29 is 4.79 Å². The lowest BCUT2D eigenvalue weighted by Gasteiger charge is -2.21. The predicted octanol–water partition coefficient (Wildman–Crippen LogP) is 2.88. The summed E-state index contributed by atoms with van der Waals surface area (Å²) >= 11 is 0. The van der Waals surface area contributed by atoms with Crippen LogP contribution in [0.4, 0.5) is 0 Å². The van der Waals surface area contributed by atoms with Gasteiger partial charge in [-0.25, -0.2) is 0 Å². The van der Waals surface area contributed by atoms with Gasteiger partial charge >= 0.3 is 0 Å². The zero-order valence-electron chi connectivity index (χ0n) is 13.6. The summed E-state index contributed by atoms with van der Waals surface area (Å²) in [5.41, 5.74) is 2.74. The highest BCUT2D eigenvalue weighted by Gasteiger charge is 2.17. The Morgan fingerprint density at radius 2 is 2.14 bits per heavy atom. The van der Waals surface area contributed by atoms with E-state index in [1.807, 2.05) is 46.2 Å². The summed E-state index contributed by atoms with van der Waals surface area (Å²) in [5.74, 6) is 0.181. The Hall–Kier alpha value is -1.91. The highest BCUT2D eigenvalue weighted by molar-refractivity contribution is 5.89. The number of amides is 1. The van der Waals surface area contributed by atoms with Crippen molar-refractivity contribution in [2.45, 2.75) is 53.6 Å². The summed E-state index contributed by atoms with van der Waals surface area (Å²) in [6.07, 6.45) is 6.16. The molecule has 21 heavy (non-hydrogen) atoms. The van der Waals surface area contributed by atoms with Crippen molar-refractivity contribution in [3.63, 3.8) is 0 Å². The zero-order valence-corrected chi connectivity index (χ0v) is 13.6. The van der Waals surface area contributed by atoms with Gasteiger partial charge in [0.2, 0.25) is 5.91 Å². The quantitative estimate of drug-likeness (QED) is 0.758. The molecule has 0 aromatic carbocycles. The van der Waals surface area contributed by atoms with Crippen LogP contribution < -0.4 is 5.32 Å². The SMILES string of the molecule is CC=C(C)c1cnn(CCC(=O)NC(C(C)=N)C(C)C)c1. The molecule has 1 amide bonds. The first-order chi connectivity index (χ1) is 9.85. The van der Waals surface area contributed by atoms with Crippen LogP contribution in [-0.2, 0) is 11.3 Å². The molecule has 5 heteroatoms. The molecule has 1 atom stereocenters. The molecule has 1 rings (SSSR count). The fraction of sp³-hybridized carbons (Fsp3) is 0.562. The third-order valence-electron chi connectivity index (χ3n) is 3.54. The van der Waals surface area contributed by atoms with Crippen molar-refractivity contribution >= 4 is 17.2 Å². The molecule has 0 saturated carbocycles. The van der Waals surface area contributed by atoms with Crippen LogP contribution in [0.2, 0.25) is 0 Å². The molecule has 116 valence electrons. The second kappa shape index (κ2) is 7.76. The number of hydrogen-bond acceptors (Lipinski definition) is 3. The molecule has 0 bridgehead atoms. The van der Waals surface area contributed by atoms with Gasteiger partial charge < -0.3 is 10.7 Å². The molecule has 1 heterocycles. The number of carbonyl (C=O) groups is 1. The van der Waals surface area contributed by atoms with Crippen LogP contribution in [0.25, 0.3) is 5.57 Å². The fourth-order valence-corrected chi connectivity index (χ4v) is 2.09. The Labute approximate surface area is 126 Å². The van der Waals surface area contributed by atoms with E-state index in [2.05, 4.69) is 10.4 Å². The maximum atomic E-state index is 12.0. The summed E-state index contributed by atoms with van der Waals surface area (Å²) in [6, 6.07) is -0.184. The molecule has 0 spiro atoms. The molecule has 0 fully saturated rings. The van der Waals surface area contributed by atoms with E-state index in [9.17, 15) is 4.79 Å². The van der Waals surface area contributed by atoms with Gasteiger partial charge in [0.25, 0.3) is 0 Å². The first-order valence-electron chi connectivity index (χ1n) is 7.35. The average molecular weight is 290 g/mol. The van der Waals surface area contributed by atoms with Crippen LogP contribution in [0, 0.1) is 11.3 Å². The second-order valence-corrected chi connectivity index (χ2v) is 5.69. The molecule has 0 radical (unpaired) electrons. The first-order valence-corrected chi connectivity index (χ1v) is 7.35. The van der Waals surface area contributed by atoms with E-state index in [-0.39, 0.29) is 17.9 Å². The van der Waals surface area contributed by atoms with Gasteiger partial charge in [0, 0.05) is 30.4 Å². The normalized spacial score (nSPS) is 13.3. The molecular formula is C16H26N4O. The maximum Gasteiger partial charge on any atom is 0.222 e. The lowest BCUT2D eigenvalue weighted by Crippen LogP contribution is -2.43. The average Bonchev–Trinajstić information content (AvgIpc) is 2.89. The summed E-state index contributed by atoms with van der Waals surface area (Å²) in [4.78, 5) is 12.0. The molecular weight excluding hydrogens is 264 g/mol. The lowest BCUT2D eigenvalue weighted by molar-refractivity contribution is -0.121. The number of rotatable bonds is 7. The Kier molecular flexibility index (Phi) is 6.34. The zero-order chi connectivity index (χ0) is 16.0. The summed E-state index contributed by atoms with van der Waals surface area (Å²) < 4.78 is 1.78. The minimum absolute atomic E-state index is 0.0416. The van der Waals surface area contributed by atoms with Gasteiger partial charge in [-0.05, 0) is 32.3 Å². The summed E-state index contributed by atoms with van der Waals surface area (Å²) in [7, 11) is 0. The van der Waals surface area contributed by atoms with E-state index in [1.165, 1.54) is 5.57 Å². The summed E-state index contributed by atoms with van der Waals surface area (Å²) in [5, 5.41) is 14.9. The van der Waals surface area contributed by atoms with Crippen molar-refractivity contribution in [3.05, 3.63) is 24.0 Å². The van der Waals surface area contributed by atoms with Crippen LogP contribution in [0.15, 0.2) is 18.5 Å². The molecule has 2 N–H and O–H groups in total. The standard InChI is InChI=1S/C16H26N4O/c1-6-12(4)14-9-18-20(10-14)8-7-15(21)19-16(11(2)3)13(5)17/h6,9-11,16-17H,7-8H2,1-5H3,(H,19,21). The Bertz CT molecular complexity index is 528. The number of nitrogens with zero attached hydrogens (tertiary/aromatic N) is 2. The van der Waals surface area contributed by atoms with Crippen molar-refractivity contribution in [2.24, 2.45) is 5.92 Å². The maximum absolute atomic E-state index is 12.0. The van der Waals surface area contributed by atoms with Crippen LogP contribution >= 0.6 is 0 Å². The van der Waals surface area contributed by atoms with E-state index < -0.39 is 0 Å². The number of allylic oxidation sites excluding steroid dienone is 2. The van der Waals surface area contributed by atoms with Crippen LogP contribution in [0.5, 0.6) is 0 Å². The number of aryl methyl sites for hydroxylation is 1. The smallest absolute Gasteiger partial charge is 0.222 e. The predicted molar refractivity (Wildman–Crippen MR) is 86.3 cm³/mol. The first kappa shape index (κ1) is 17.1. The topological polar surface area (TPSA) is 70.8 Å². The molecule has 1 aromatic heterocycles. The van der Waals surface area contributed by atoms with E-state index in [1.54, 1.807) is 11.6 Å².